The van der Waals surface area contributed by atoms with E-state index in [0.717, 1.165) is 13.0 Å². The second-order valence-corrected chi connectivity index (χ2v) is 9.92. The number of piperidine rings is 1. The van der Waals surface area contributed by atoms with Gasteiger partial charge in [0.1, 0.15) is 4.21 Å². The number of hydrogen-bond acceptors (Lipinski definition) is 4. The maximum Gasteiger partial charge on any atom is 0.252 e. The Morgan fingerprint density at radius 3 is 2.80 bits per heavy atom. The molecule has 8 heteroatoms. The van der Waals surface area contributed by atoms with E-state index in [9.17, 15) is 8.42 Å². The summed E-state index contributed by atoms with van der Waals surface area (Å²) in [5.74, 6) is 0.303. The third-order valence-corrected chi connectivity index (χ3v) is 8.34. The van der Waals surface area contributed by atoms with Gasteiger partial charge in [0.25, 0.3) is 10.0 Å². The molecule has 1 aliphatic heterocycles. The SMILES string of the molecule is CCNC1CCN(S(=O)(=O)c2cc(Cl)c(Br)s2)CC1C. The highest BCUT2D eigenvalue weighted by atomic mass is 79.9. The fraction of sp³-hybridized carbons (Fsp3) is 0.667. The van der Waals surface area contributed by atoms with Crippen molar-refractivity contribution < 1.29 is 8.42 Å². The van der Waals surface area contributed by atoms with Gasteiger partial charge >= 0.3 is 0 Å². The van der Waals surface area contributed by atoms with Crippen LogP contribution >= 0.6 is 38.9 Å². The Kier molecular flexibility index (Phi) is 5.53. The first-order valence-corrected chi connectivity index (χ1v) is 9.97. The van der Waals surface area contributed by atoms with Crippen molar-refractivity contribution in [1.29, 1.82) is 0 Å². The summed E-state index contributed by atoms with van der Waals surface area (Å²) < 4.78 is 27.7. The first-order chi connectivity index (χ1) is 9.36. The molecule has 0 aromatic carbocycles. The van der Waals surface area contributed by atoms with Crippen molar-refractivity contribution >= 4 is 48.9 Å². The van der Waals surface area contributed by atoms with Crippen LogP contribution in [-0.4, -0.2) is 38.4 Å². The highest BCUT2D eigenvalue weighted by molar-refractivity contribution is 9.11. The van der Waals surface area contributed by atoms with Crippen LogP contribution < -0.4 is 5.32 Å². The third kappa shape index (κ3) is 3.39. The van der Waals surface area contributed by atoms with Crippen molar-refractivity contribution in [3.63, 3.8) is 0 Å². The predicted molar refractivity (Wildman–Crippen MR) is 87.0 cm³/mol. The van der Waals surface area contributed by atoms with Crippen molar-refractivity contribution in [2.45, 2.75) is 30.5 Å². The monoisotopic (exact) mass is 400 g/mol. The van der Waals surface area contributed by atoms with Gasteiger partial charge in [-0.05, 0) is 40.9 Å². The molecule has 0 aliphatic carbocycles. The summed E-state index contributed by atoms with van der Waals surface area (Å²) in [6.07, 6.45) is 0.842. The standard InChI is InChI=1S/C12H18BrClN2O2S2/c1-3-15-10-4-5-16(7-8(10)2)20(17,18)11-6-9(14)12(13)19-11/h6,8,10,15H,3-5,7H2,1-2H3. The molecule has 0 spiro atoms. The number of sulfonamides is 1. The quantitative estimate of drug-likeness (QED) is 0.843. The third-order valence-electron chi connectivity index (χ3n) is 3.55. The topological polar surface area (TPSA) is 49.4 Å². The van der Waals surface area contributed by atoms with Crippen molar-refractivity contribution in [2.75, 3.05) is 19.6 Å². The van der Waals surface area contributed by atoms with Crippen LogP contribution in [0.4, 0.5) is 0 Å². The van der Waals surface area contributed by atoms with E-state index < -0.39 is 10.0 Å². The van der Waals surface area contributed by atoms with Gasteiger partial charge < -0.3 is 5.32 Å². The van der Waals surface area contributed by atoms with Gasteiger partial charge in [0, 0.05) is 19.1 Å². The maximum atomic E-state index is 12.6. The van der Waals surface area contributed by atoms with E-state index in [1.165, 1.54) is 17.4 Å². The van der Waals surface area contributed by atoms with Gasteiger partial charge in [0.2, 0.25) is 0 Å². The van der Waals surface area contributed by atoms with Crippen LogP contribution in [0.25, 0.3) is 0 Å². The molecule has 4 nitrogen and oxygen atoms in total. The molecule has 2 heterocycles. The first-order valence-electron chi connectivity index (χ1n) is 6.54. The molecule has 0 bridgehead atoms. The molecular weight excluding hydrogens is 384 g/mol. The zero-order valence-electron chi connectivity index (χ0n) is 11.4. The summed E-state index contributed by atoms with van der Waals surface area (Å²) in [7, 11) is -3.43. The minimum absolute atomic E-state index is 0.303. The van der Waals surface area contributed by atoms with Gasteiger partial charge in [-0.25, -0.2) is 8.42 Å². The number of rotatable bonds is 4. The summed E-state index contributed by atoms with van der Waals surface area (Å²) in [6, 6.07) is 1.91. The number of nitrogens with zero attached hydrogens (tertiary/aromatic N) is 1. The second-order valence-electron chi connectivity index (χ2n) is 4.98. The Balaban J connectivity index is 2.16. The first kappa shape index (κ1) is 16.7. The molecule has 1 aliphatic rings. The number of hydrogen-bond donors (Lipinski definition) is 1. The van der Waals surface area contributed by atoms with E-state index in [-0.39, 0.29) is 0 Å². The second kappa shape index (κ2) is 6.62. The highest BCUT2D eigenvalue weighted by Crippen LogP contribution is 2.36. The van der Waals surface area contributed by atoms with E-state index >= 15 is 0 Å². The van der Waals surface area contributed by atoms with E-state index in [4.69, 9.17) is 11.6 Å². The lowest BCUT2D eigenvalue weighted by atomic mass is 9.95. The fourth-order valence-corrected chi connectivity index (χ4v) is 6.58. The number of halogens is 2. The van der Waals surface area contributed by atoms with Crippen molar-refractivity contribution in [2.24, 2.45) is 5.92 Å². The fourth-order valence-electron chi connectivity index (χ4n) is 2.47. The normalized spacial score (nSPS) is 25.0. The minimum atomic E-state index is -3.43. The van der Waals surface area contributed by atoms with Gasteiger partial charge in [-0.2, -0.15) is 4.31 Å². The van der Waals surface area contributed by atoms with E-state index in [1.54, 1.807) is 4.31 Å². The average Bonchev–Trinajstić information content (AvgIpc) is 2.73. The smallest absolute Gasteiger partial charge is 0.252 e. The van der Waals surface area contributed by atoms with Crippen molar-refractivity contribution in [3.8, 4) is 0 Å². The summed E-state index contributed by atoms with van der Waals surface area (Å²) in [6.45, 7) is 6.17. The van der Waals surface area contributed by atoms with Gasteiger partial charge in [-0.1, -0.05) is 25.4 Å². The average molecular weight is 402 g/mol. The lowest BCUT2D eigenvalue weighted by Crippen LogP contribution is -2.49. The van der Waals surface area contributed by atoms with E-state index in [0.29, 0.717) is 38.1 Å². The molecule has 2 unspecified atom stereocenters. The summed E-state index contributed by atoms with van der Waals surface area (Å²) in [5.41, 5.74) is 0. The Hall–Kier alpha value is 0.340. The molecule has 0 saturated carbocycles. The van der Waals surface area contributed by atoms with Crippen LogP contribution in [0.2, 0.25) is 5.02 Å². The zero-order valence-corrected chi connectivity index (χ0v) is 15.4. The predicted octanol–water partition coefficient (Wildman–Crippen LogP) is 3.17. The molecule has 1 aromatic rings. The number of nitrogens with one attached hydrogen (secondary N) is 1. The molecule has 20 heavy (non-hydrogen) atoms. The maximum absolute atomic E-state index is 12.6. The highest BCUT2D eigenvalue weighted by Gasteiger charge is 2.34. The van der Waals surface area contributed by atoms with Gasteiger partial charge in [0.15, 0.2) is 0 Å². The van der Waals surface area contributed by atoms with Crippen LogP contribution in [0, 0.1) is 5.92 Å². The molecule has 1 aromatic heterocycles. The summed E-state index contributed by atoms with van der Waals surface area (Å²) in [4.78, 5) is 0. The molecular formula is C12H18BrClN2O2S2. The molecule has 0 radical (unpaired) electrons. The molecule has 0 amide bonds. The van der Waals surface area contributed by atoms with Crippen LogP contribution in [-0.2, 0) is 10.0 Å². The Morgan fingerprint density at radius 1 is 1.60 bits per heavy atom. The summed E-state index contributed by atoms with van der Waals surface area (Å²) in [5, 5.41) is 3.86. The summed E-state index contributed by atoms with van der Waals surface area (Å²) >= 11 is 10.4. The minimum Gasteiger partial charge on any atom is -0.314 e. The van der Waals surface area contributed by atoms with Crippen LogP contribution in [0.3, 0.4) is 0 Å². The van der Waals surface area contributed by atoms with Crippen molar-refractivity contribution in [1.82, 2.24) is 9.62 Å². The van der Waals surface area contributed by atoms with Crippen LogP contribution in [0.1, 0.15) is 20.3 Å². The van der Waals surface area contributed by atoms with Gasteiger partial charge in [-0.15, -0.1) is 11.3 Å². The van der Waals surface area contributed by atoms with Crippen molar-refractivity contribution in [3.05, 3.63) is 14.9 Å². The molecule has 1 fully saturated rings. The Labute approximate surface area is 137 Å². The van der Waals surface area contributed by atoms with Gasteiger partial charge in [-0.3, -0.25) is 0 Å². The lowest BCUT2D eigenvalue weighted by Gasteiger charge is -2.36. The Morgan fingerprint density at radius 2 is 2.30 bits per heavy atom. The number of thiophene rings is 1. The van der Waals surface area contributed by atoms with E-state index in [2.05, 4.69) is 35.1 Å². The lowest BCUT2D eigenvalue weighted by molar-refractivity contribution is 0.223. The Bertz CT molecular complexity index is 557. The molecule has 114 valence electrons. The molecule has 1 saturated heterocycles. The van der Waals surface area contributed by atoms with Gasteiger partial charge in [0.05, 0.1) is 8.81 Å². The van der Waals surface area contributed by atoms with Crippen LogP contribution in [0.15, 0.2) is 14.1 Å². The largest absolute Gasteiger partial charge is 0.314 e. The molecule has 2 rings (SSSR count). The van der Waals surface area contributed by atoms with Crippen LogP contribution in [0.5, 0.6) is 0 Å². The zero-order chi connectivity index (χ0) is 14.9. The molecule has 1 N–H and O–H groups in total. The molecule has 2 atom stereocenters. The van der Waals surface area contributed by atoms with E-state index in [1.807, 2.05) is 0 Å².